The maximum absolute atomic E-state index is 15.4. The Morgan fingerprint density at radius 3 is 1.86 bits per heavy atom. The summed E-state index contributed by atoms with van der Waals surface area (Å²) in [5.41, 5.74) is 0.319. The van der Waals surface area contributed by atoms with Crippen LogP contribution in [0.3, 0.4) is 0 Å². The predicted molar refractivity (Wildman–Crippen MR) is 238 cm³/mol. The fraction of sp³-hybridized carbons (Fsp3) is 0.383. The van der Waals surface area contributed by atoms with Crippen LogP contribution in [0, 0.1) is 17.3 Å². The van der Waals surface area contributed by atoms with Crippen LogP contribution in [0.2, 0.25) is 13.1 Å². The molecule has 5 rings (SSSR count). The highest BCUT2D eigenvalue weighted by Crippen LogP contribution is 2.52. The lowest BCUT2D eigenvalue weighted by Crippen LogP contribution is -2.69. The molecule has 0 saturated carbocycles. The van der Waals surface area contributed by atoms with E-state index in [0.717, 1.165) is 22.3 Å². The van der Waals surface area contributed by atoms with Gasteiger partial charge in [-0.3, -0.25) is 9.59 Å². The molecule has 0 N–H and O–H groups in total. The van der Waals surface area contributed by atoms with Crippen molar-refractivity contribution in [3.63, 3.8) is 0 Å². The lowest BCUT2D eigenvalue weighted by atomic mass is 9.65. The first-order valence-corrected chi connectivity index (χ1v) is 24.8. The topological polar surface area (TPSA) is 102 Å². The fourth-order valence-corrected chi connectivity index (χ4v) is 13.2. The molecule has 2 saturated heterocycles. The molecule has 2 fully saturated rings. The predicted octanol–water partition coefficient (Wildman–Crippen LogP) is 7.02. The number of carbonyl (C=O) groups is 4. The van der Waals surface area contributed by atoms with E-state index >= 15 is 9.59 Å². The summed E-state index contributed by atoms with van der Waals surface area (Å²) in [6.07, 6.45) is 5.86. The van der Waals surface area contributed by atoms with Crippen LogP contribution in [-0.4, -0.2) is 86.5 Å². The first kappa shape index (κ1) is 44.3. The summed E-state index contributed by atoms with van der Waals surface area (Å²) in [6.45, 7) is 17.4. The molecule has 9 nitrogen and oxygen atoms in total. The molecule has 3 aromatic carbocycles. The number of benzene rings is 3. The first-order valence-electron chi connectivity index (χ1n) is 20.2. The van der Waals surface area contributed by atoms with Gasteiger partial charge in [0.1, 0.15) is 18.6 Å². The zero-order valence-corrected chi connectivity index (χ0v) is 36.9. The summed E-state index contributed by atoms with van der Waals surface area (Å²) in [5.74, 6) is -1.95. The van der Waals surface area contributed by atoms with Crippen molar-refractivity contribution >= 4 is 61.0 Å². The van der Waals surface area contributed by atoms with E-state index in [1.54, 1.807) is 16.7 Å². The minimum absolute atomic E-state index is 0.0470. The molecule has 0 aliphatic carbocycles. The molecule has 0 radical (unpaired) electrons. The molecular weight excluding hydrogens is 764 g/mol. The summed E-state index contributed by atoms with van der Waals surface area (Å²) in [6, 6.07) is 28.5. The smallest absolute Gasteiger partial charge is 0.410 e. The van der Waals surface area contributed by atoms with Crippen LogP contribution in [0.4, 0.5) is 4.79 Å². The van der Waals surface area contributed by atoms with E-state index in [1.165, 1.54) is 12.2 Å². The third kappa shape index (κ3) is 9.57. The summed E-state index contributed by atoms with van der Waals surface area (Å²) in [4.78, 5) is 61.2. The Kier molecular flexibility index (Phi) is 15.1. The average molecular weight is 823 g/mol. The van der Waals surface area contributed by atoms with Crippen molar-refractivity contribution in [2.24, 2.45) is 17.3 Å². The van der Waals surface area contributed by atoms with Crippen LogP contribution in [0.15, 0.2) is 128 Å². The van der Waals surface area contributed by atoms with Gasteiger partial charge in [-0.25, -0.2) is 9.59 Å². The number of β-lactam (4-membered cyclic amide) rings is 1. The number of likely N-dealkylation sites (tertiary alicyclic amines) is 2. The monoisotopic (exact) mass is 822 g/mol. The molecule has 0 aromatic heterocycles. The van der Waals surface area contributed by atoms with Crippen molar-refractivity contribution in [1.82, 2.24) is 9.80 Å². The van der Waals surface area contributed by atoms with Crippen LogP contribution in [0.5, 0.6) is 0 Å². The number of hydrogen-bond acceptors (Lipinski definition) is 7. The van der Waals surface area contributed by atoms with E-state index < -0.39 is 39.9 Å². The number of hydrogen-bond donors (Lipinski definition) is 0. The van der Waals surface area contributed by atoms with Gasteiger partial charge in [-0.15, -0.1) is 0 Å². The number of Topliss-reactive ketones (excluding diaryl/α,β-unsaturated/α-hetero) is 1. The van der Waals surface area contributed by atoms with Gasteiger partial charge >= 0.3 is 12.1 Å². The van der Waals surface area contributed by atoms with Crippen LogP contribution in [-0.2, 0) is 28.3 Å². The van der Waals surface area contributed by atoms with Gasteiger partial charge in [-0.2, -0.15) is 0 Å². The summed E-state index contributed by atoms with van der Waals surface area (Å²) < 4.78 is 17.7. The van der Waals surface area contributed by atoms with E-state index in [2.05, 4.69) is 47.0 Å². The molecule has 0 bridgehead atoms. The number of nitrogens with zero attached hydrogens (tertiary/aromatic N) is 2. The second-order valence-electron chi connectivity index (χ2n) is 16.3. The summed E-state index contributed by atoms with van der Waals surface area (Å²) in [5, 5.41) is 2.59. The molecule has 58 heavy (non-hydrogen) atoms. The maximum Gasteiger partial charge on any atom is 0.410 e. The standard InChI is InChI=1S/C47H59N2O7PSi/c1-9-29-54-45(52)44(57(36-22-14-11-15-23-36,37-24-16-12-17-25-37)38-26-18-13-19-27-38)49-40(42(43(49)51)39(47(4,5)6)33-56-58(7)8)32-41(50)34(3)31-35-21-20-28-48(35)46(53)55-30-10-2/h9-19,22-27,31,35,39-40,42,58H,1-2,20-21,28-30,32-33H2,3-8H3/t35-,39+,40+,42-/m0/s1. The molecule has 2 heterocycles. The van der Waals surface area contributed by atoms with E-state index in [4.69, 9.17) is 13.9 Å². The first-order chi connectivity index (χ1) is 27.8. The highest BCUT2D eigenvalue weighted by atomic mass is 31.2. The Labute approximate surface area is 346 Å². The summed E-state index contributed by atoms with van der Waals surface area (Å²) in [7, 11) is -1.50. The zero-order chi connectivity index (χ0) is 42.0. The van der Waals surface area contributed by atoms with Gasteiger partial charge in [0.05, 0.1) is 18.0 Å². The van der Waals surface area contributed by atoms with Crippen molar-refractivity contribution < 1.29 is 33.1 Å². The molecular formula is C47H59N2O7PSi. The van der Waals surface area contributed by atoms with Crippen molar-refractivity contribution in [2.75, 3.05) is 26.4 Å². The number of carbonyl (C=O) groups excluding carboxylic acids is 4. The number of ketones is 1. The molecule has 0 spiro atoms. The Bertz CT molecular complexity index is 1920. The molecule has 2 aliphatic rings. The lowest BCUT2D eigenvalue weighted by molar-refractivity contribution is -0.160. The van der Waals surface area contributed by atoms with Gasteiger partial charge in [0.2, 0.25) is 5.91 Å². The third-order valence-electron chi connectivity index (χ3n) is 11.1. The van der Waals surface area contributed by atoms with Gasteiger partial charge in [-0.05, 0) is 65.7 Å². The number of esters is 1. The highest BCUT2D eigenvalue weighted by molar-refractivity contribution is 7.96. The minimum atomic E-state index is -3.21. The molecule has 0 unspecified atom stereocenters. The normalized spacial score (nSPS) is 19.0. The maximum atomic E-state index is 15.4. The van der Waals surface area contributed by atoms with Crippen LogP contribution < -0.4 is 15.9 Å². The molecule has 2 amide bonds. The van der Waals surface area contributed by atoms with Gasteiger partial charge in [0, 0.05) is 26.5 Å². The number of amides is 2. The Morgan fingerprint density at radius 2 is 1.38 bits per heavy atom. The SMILES string of the molecule is C=CCOC(=O)C(N1C(=O)[C@@H]([C@@H](CO[SiH](C)C)C(C)(C)C)[C@H]1CC(=O)C(C)=C[C@@H]1CCCN1C(=O)OCC=C)=P(c1ccccc1)(c1ccccc1)c1ccccc1. The van der Waals surface area contributed by atoms with Crippen molar-refractivity contribution in [3.05, 3.63) is 128 Å². The Hall–Kier alpha value is -4.76. The van der Waals surface area contributed by atoms with E-state index in [-0.39, 0.29) is 54.1 Å². The highest BCUT2D eigenvalue weighted by Gasteiger charge is 2.58. The van der Waals surface area contributed by atoms with Crippen molar-refractivity contribution in [3.8, 4) is 0 Å². The second-order valence-corrected chi connectivity index (χ2v) is 22.0. The Morgan fingerprint density at radius 1 is 0.862 bits per heavy atom. The van der Waals surface area contributed by atoms with Crippen LogP contribution in [0.25, 0.3) is 0 Å². The third-order valence-corrected chi connectivity index (χ3v) is 16.2. The average Bonchev–Trinajstić information content (AvgIpc) is 3.68. The van der Waals surface area contributed by atoms with Gasteiger partial charge in [-0.1, -0.05) is 143 Å². The van der Waals surface area contributed by atoms with Crippen LogP contribution >= 0.6 is 6.89 Å². The largest absolute Gasteiger partial charge is 0.457 e. The molecule has 308 valence electrons. The Balaban J connectivity index is 1.77. The molecule has 2 aliphatic heterocycles. The minimum Gasteiger partial charge on any atom is -0.457 e. The lowest BCUT2D eigenvalue weighted by Gasteiger charge is -2.54. The quantitative estimate of drug-likeness (QED) is 0.0360. The van der Waals surface area contributed by atoms with Crippen LogP contribution in [0.1, 0.15) is 47.0 Å². The van der Waals surface area contributed by atoms with Crippen molar-refractivity contribution in [2.45, 2.75) is 72.1 Å². The number of ether oxygens (including phenoxy) is 2. The van der Waals surface area contributed by atoms with Crippen molar-refractivity contribution in [1.29, 1.82) is 0 Å². The molecule has 3 aromatic rings. The zero-order valence-electron chi connectivity index (χ0n) is 34.8. The molecule has 4 atom stereocenters. The van der Waals surface area contributed by atoms with Gasteiger partial charge < -0.3 is 23.7 Å². The fourth-order valence-electron chi connectivity index (χ4n) is 8.18. The van der Waals surface area contributed by atoms with E-state index in [0.29, 0.717) is 25.1 Å². The second kappa shape index (κ2) is 19.8. The summed E-state index contributed by atoms with van der Waals surface area (Å²) >= 11 is 0. The van der Waals surface area contributed by atoms with E-state index in [1.807, 2.05) is 97.1 Å². The molecule has 11 heteroatoms. The van der Waals surface area contributed by atoms with Gasteiger partial charge in [0.25, 0.3) is 0 Å². The van der Waals surface area contributed by atoms with E-state index in [9.17, 15) is 9.59 Å². The number of allylic oxidation sites excluding steroid dienone is 1. The van der Waals surface area contributed by atoms with Gasteiger partial charge in [0.15, 0.2) is 14.8 Å². The number of rotatable bonds is 17.